The van der Waals surface area contributed by atoms with Gasteiger partial charge in [-0.05, 0) is 6.92 Å². The second kappa shape index (κ2) is 4.68. The van der Waals surface area contributed by atoms with Gasteiger partial charge in [0.05, 0.1) is 5.69 Å². The molecular formula is C9H10F3N3. The highest BCUT2D eigenvalue weighted by Gasteiger charge is 2.11. The molecule has 15 heavy (non-hydrogen) atoms. The van der Waals surface area contributed by atoms with Crippen LogP contribution in [0.4, 0.5) is 18.9 Å². The highest BCUT2D eigenvalue weighted by atomic mass is 19.2. The lowest BCUT2D eigenvalue weighted by molar-refractivity contribution is 0.498. The minimum absolute atomic E-state index is 0.0959. The lowest BCUT2D eigenvalue weighted by Crippen LogP contribution is -2.23. The van der Waals surface area contributed by atoms with Crippen LogP contribution in [0.25, 0.3) is 0 Å². The maximum Gasteiger partial charge on any atom is 0.193 e. The van der Waals surface area contributed by atoms with Gasteiger partial charge in [-0.15, -0.1) is 0 Å². The first-order valence-electron chi connectivity index (χ1n) is 4.26. The molecule has 1 aromatic rings. The predicted octanol–water partition coefficient (Wildman–Crippen LogP) is 1.85. The van der Waals surface area contributed by atoms with Crippen molar-refractivity contribution in [2.45, 2.75) is 6.92 Å². The van der Waals surface area contributed by atoms with E-state index in [9.17, 15) is 13.2 Å². The molecule has 6 heteroatoms. The highest BCUT2D eigenvalue weighted by Crippen LogP contribution is 2.18. The topological polar surface area (TPSA) is 50.4 Å². The number of hydrogen-bond acceptors (Lipinski definition) is 1. The normalized spacial score (nSPS) is 11.6. The number of aliphatic imine (C=N–C) groups is 1. The molecule has 0 radical (unpaired) electrons. The molecule has 0 bridgehead atoms. The van der Waals surface area contributed by atoms with Gasteiger partial charge in [0, 0.05) is 18.7 Å². The zero-order valence-corrected chi connectivity index (χ0v) is 8.02. The first kappa shape index (κ1) is 11.4. The van der Waals surface area contributed by atoms with Crippen molar-refractivity contribution in [3.8, 4) is 0 Å². The molecule has 0 atom stereocenters. The van der Waals surface area contributed by atoms with Gasteiger partial charge >= 0.3 is 0 Å². The molecule has 0 saturated carbocycles. The first-order chi connectivity index (χ1) is 7.04. The minimum Gasteiger partial charge on any atom is -0.370 e. The van der Waals surface area contributed by atoms with E-state index in [1.54, 1.807) is 6.92 Å². The molecule has 0 amide bonds. The monoisotopic (exact) mass is 217 g/mol. The average Bonchev–Trinajstić information content (AvgIpc) is 2.13. The average molecular weight is 217 g/mol. The summed E-state index contributed by atoms with van der Waals surface area (Å²) in [6, 6.07) is 1.25. The Morgan fingerprint density at radius 2 is 2.07 bits per heavy atom. The fourth-order valence-electron chi connectivity index (χ4n) is 0.995. The number of nitrogens with zero attached hydrogens (tertiary/aromatic N) is 1. The molecule has 0 heterocycles. The summed E-state index contributed by atoms with van der Waals surface area (Å²) in [4.78, 5) is 3.69. The molecule has 0 aliphatic rings. The summed E-state index contributed by atoms with van der Waals surface area (Å²) in [5, 5.41) is 2.27. The van der Waals surface area contributed by atoms with Crippen molar-refractivity contribution < 1.29 is 13.2 Å². The SMILES string of the molecule is CCN=C(N)Nc1cc(F)cc(F)c1F. The standard InChI is InChI=1S/C9H10F3N3/c1-2-14-9(13)15-7-4-5(10)3-6(11)8(7)12/h3-4H,2H2,1H3,(H3,13,14,15). The first-order valence-corrected chi connectivity index (χ1v) is 4.26. The summed E-state index contributed by atoms with van der Waals surface area (Å²) in [6.45, 7) is 2.11. The number of nitrogens with two attached hydrogens (primary N) is 1. The molecule has 0 spiro atoms. The Morgan fingerprint density at radius 1 is 1.40 bits per heavy atom. The van der Waals surface area contributed by atoms with E-state index >= 15 is 0 Å². The smallest absolute Gasteiger partial charge is 0.193 e. The van der Waals surface area contributed by atoms with Gasteiger partial charge in [0.1, 0.15) is 5.82 Å². The van der Waals surface area contributed by atoms with E-state index in [2.05, 4.69) is 10.3 Å². The maximum atomic E-state index is 13.1. The van der Waals surface area contributed by atoms with Gasteiger partial charge in [-0.1, -0.05) is 0 Å². The molecule has 0 saturated heterocycles. The van der Waals surface area contributed by atoms with Crippen LogP contribution in [0, 0.1) is 17.5 Å². The van der Waals surface area contributed by atoms with Gasteiger partial charge in [-0.3, -0.25) is 4.99 Å². The van der Waals surface area contributed by atoms with Gasteiger partial charge < -0.3 is 11.1 Å². The Kier molecular flexibility index (Phi) is 3.54. The van der Waals surface area contributed by atoms with Crippen LogP contribution in [0.5, 0.6) is 0 Å². The van der Waals surface area contributed by atoms with Crippen LogP contribution in [0.3, 0.4) is 0 Å². The molecular weight excluding hydrogens is 207 g/mol. The van der Waals surface area contributed by atoms with Gasteiger partial charge in [0.2, 0.25) is 0 Å². The molecule has 0 aromatic heterocycles. The van der Waals surface area contributed by atoms with Crippen LogP contribution in [0.15, 0.2) is 17.1 Å². The van der Waals surface area contributed by atoms with Gasteiger partial charge in [-0.25, -0.2) is 13.2 Å². The minimum atomic E-state index is -1.28. The Morgan fingerprint density at radius 3 is 2.67 bits per heavy atom. The number of rotatable bonds is 2. The number of hydrogen-bond donors (Lipinski definition) is 2. The van der Waals surface area contributed by atoms with E-state index in [4.69, 9.17) is 5.73 Å². The zero-order chi connectivity index (χ0) is 11.4. The lowest BCUT2D eigenvalue weighted by Gasteiger charge is -2.06. The fourth-order valence-corrected chi connectivity index (χ4v) is 0.995. The lowest BCUT2D eigenvalue weighted by atomic mass is 10.3. The molecule has 3 N–H and O–H groups in total. The van der Waals surface area contributed by atoms with Crippen molar-refractivity contribution in [2.75, 3.05) is 11.9 Å². The van der Waals surface area contributed by atoms with Crippen LogP contribution in [-0.2, 0) is 0 Å². The number of nitrogens with one attached hydrogen (secondary N) is 1. The predicted molar refractivity (Wildman–Crippen MR) is 52.1 cm³/mol. The fraction of sp³-hybridized carbons (Fsp3) is 0.222. The van der Waals surface area contributed by atoms with Gasteiger partial charge in [-0.2, -0.15) is 0 Å². The van der Waals surface area contributed by atoms with Crippen LogP contribution in [0.1, 0.15) is 6.92 Å². The van der Waals surface area contributed by atoms with Crippen molar-refractivity contribution >= 4 is 11.6 Å². The zero-order valence-electron chi connectivity index (χ0n) is 8.02. The van der Waals surface area contributed by atoms with E-state index < -0.39 is 17.5 Å². The Balaban J connectivity index is 2.99. The molecule has 0 aliphatic heterocycles. The third-order valence-electron chi connectivity index (χ3n) is 1.58. The maximum absolute atomic E-state index is 13.1. The van der Waals surface area contributed by atoms with Crippen LogP contribution < -0.4 is 11.1 Å². The summed E-state index contributed by atoms with van der Waals surface area (Å²) >= 11 is 0. The third-order valence-corrected chi connectivity index (χ3v) is 1.58. The van der Waals surface area contributed by atoms with E-state index in [-0.39, 0.29) is 11.6 Å². The molecule has 3 nitrogen and oxygen atoms in total. The van der Waals surface area contributed by atoms with Gasteiger partial charge in [0.15, 0.2) is 17.6 Å². The van der Waals surface area contributed by atoms with Crippen LogP contribution in [0.2, 0.25) is 0 Å². The summed E-state index contributed by atoms with van der Waals surface area (Å²) < 4.78 is 38.5. The van der Waals surface area contributed by atoms with Crippen LogP contribution >= 0.6 is 0 Å². The highest BCUT2D eigenvalue weighted by molar-refractivity contribution is 5.92. The third kappa shape index (κ3) is 2.87. The van der Waals surface area contributed by atoms with Crippen LogP contribution in [-0.4, -0.2) is 12.5 Å². The number of anilines is 1. The van der Waals surface area contributed by atoms with E-state index in [0.717, 1.165) is 6.07 Å². The Labute approximate surface area is 84.8 Å². The van der Waals surface area contributed by atoms with E-state index in [1.165, 1.54) is 0 Å². The molecule has 0 aliphatic carbocycles. The molecule has 0 fully saturated rings. The summed E-state index contributed by atoms with van der Waals surface area (Å²) in [6.07, 6.45) is 0. The van der Waals surface area contributed by atoms with Crippen molar-refractivity contribution in [1.82, 2.24) is 0 Å². The summed E-state index contributed by atoms with van der Waals surface area (Å²) in [5.74, 6) is -3.45. The second-order valence-electron chi connectivity index (χ2n) is 2.73. The van der Waals surface area contributed by atoms with Gasteiger partial charge in [0.25, 0.3) is 0 Å². The molecule has 0 unspecified atom stereocenters. The van der Waals surface area contributed by atoms with Crippen molar-refractivity contribution in [3.63, 3.8) is 0 Å². The van der Waals surface area contributed by atoms with Crippen molar-refractivity contribution in [3.05, 3.63) is 29.6 Å². The summed E-state index contributed by atoms with van der Waals surface area (Å²) in [7, 11) is 0. The Bertz CT molecular complexity index is 390. The molecule has 1 aromatic carbocycles. The molecule has 1 rings (SSSR count). The van der Waals surface area contributed by atoms with E-state index in [0.29, 0.717) is 12.6 Å². The number of halogens is 3. The van der Waals surface area contributed by atoms with Crippen molar-refractivity contribution in [2.24, 2.45) is 10.7 Å². The Hall–Kier alpha value is -1.72. The summed E-state index contributed by atoms with van der Waals surface area (Å²) in [5.41, 5.74) is 4.94. The number of benzene rings is 1. The van der Waals surface area contributed by atoms with E-state index in [1.807, 2.05) is 0 Å². The molecule has 82 valence electrons. The second-order valence-corrected chi connectivity index (χ2v) is 2.73. The quantitative estimate of drug-likeness (QED) is 0.451. The van der Waals surface area contributed by atoms with Crippen molar-refractivity contribution in [1.29, 1.82) is 0 Å². The largest absolute Gasteiger partial charge is 0.370 e. The number of guanidine groups is 1.